The van der Waals surface area contributed by atoms with Gasteiger partial charge >= 0.3 is 0 Å². The number of halogens is 1. The Morgan fingerprint density at radius 3 is 2.61 bits per heavy atom. The van der Waals surface area contributed by atoms with Gasteiger partial charge in [-0.2, -0.15) is 0 Å². The fraction of sp³-hybridized carbons (Fsp3) is 0.286. The maximum atomic E-state index is 13.7. The van der Waals surface area contributed by atoms with Crippen LogP contribution in [0.15, 0.2) is 53.5 Å². The zero-order valence-electron chi connectivity index (χ0n) is 15.8. The number of para-hydroxylation sites is 1. The van der Waals surface area contributed by atoms with Crippen LogP contribution in [0.2, 0.25) is 0 Å². The number of amides is 2. The minimum atomic E-state index is -0.567. The van der Waals surface area contributed by atoms with Crippen molar-refractivity contribution in [2.45, 2.75) is 31.9 Å². The molecule has 0 spiro atoms. The van der Waals surface area contributed by atoms with Crippen molar-refractivity contribution in [2.75, 3.05) is 11.9 Å². The van der Waals surface area contributed by atoms with E-state index in [0.717, 1.165) is 17.7 Å². The lowest BCUT2D eigenvalue weighted by Gasteiger charge is -2.15. The first kappa shape index (κ1) is 20.1. The zero-order valence-corrected chi connectivity index (χ0v) is 16.6. The number of aryl methyl sites for hydroxylation is 1. The molecule has 2 aromatic carbocycles. The fourth-order valence-corrected chi connectivity index (χ4v) is 4.00. The van der Waals surface area contributed by atoms with Crippen LogP contribution in [0.25, 0.3) is 0 Å². The first-order valence-electron chi connectivity index (χ1n) is 9.15. The van der Waals surface area contributed by atoms with Gasteiger partial charge in [-0.25, -0.2) is 9.38 Å². The molecule has 1 heterocycles. The van der Waals surface area contributed by atoms with Gasteiger partial charge in [0.25, 0.3) is 0 Å². The maximum Gasteiger partial charge on any atom is 0.242 e. The van der Waals surface area contributed by atoms with Gasteiger partial charge in [0.1, 0.15) is 11.1 Å². The molecule has 0 aromatic heterocycles. The molecule has 7 heteroatoms. The molecule has 1 aliphatic heterocycles. The molecule has 0 radical (unpaired) electrons. The van der Waals surface area contributed by atoms with Crippen molar-refractivity contribution in [3.8, 4) is 0 Å². The minimum absolute atomic E-state index is 0.0367. The molecule has 5 nitrogen and oxygen atoms in total. The maximum absolute atomic E-state index is 13.7. The molecule has 3 rings (SSSR count). The lowest BCUT2D eigenvalue weighted by Crippen LogP contribution is -2.34. The molecule has 146 valence electrons. The van der Waals surface area contributed by atoms with Crippen LogP contribution in [-0.2, 0) is 9.59 Å². The SMILES string of the molecule is CCCN1C(=O)[C@@H](CC(=O)Nc2ccccc2F)SC1=Nc1ccc(C)cc1. The van der Waals surface area contributed by atoms with Gasteiger partial charge in [0.2, 0.25) is 11.8 Å². The summed E-state index contributed by atoms with van der Waals surface area (Å²) in [7, 11) is 0. The summed E-state index contributed by atoms with van der Waals surface area (Å²) in [6.45, 7) is 4.53. The van der Waals surface area contributed by atoms with Crippen molar-refractivity contribution >= 4 is 40.1 Å². The molecular weight excluding hydrogens is 377 g/mol. The quantitative estimate of drug-likeness (QED) is 0.778. The lowest BCUT2D eigenvalue weighted by atomic mass is 10.2. The number of hydrogen-bond donors (Lipinski definition) is 1. The normalized spacial score (nSPS) is 18.0. The lowest BCUT2D eigenvalue weighted by molar-refractivity contribution is -0.128. The molecule has 2 amide bonds. The van der Waals surface area contributed by atoms with E-state index in [1.54, 1.807) is 17.0 Å². The van der Waals surface area contributed by atoms with E-state index < -0.39 is 17.0 Å². The number of hydrogen-bond acceptors (Lipinski definition) is 4. The highest BCUT2D eigenvalue weighted by Gasteiger charge is 2.38. The molecule has 0 unspecified atom stereocenters. The number of carbonyl (C=O) groups excluding carboxylic acids is 2. The van der Waals surface area contributed by atoms with Gasteiger partial charge in [-0.1, -0.05) is 48.5 Å². The number of benzene rings is 2. The van der Waals surface area contributed by atoms with E-state index in [2.05, 4.69) is 10.3 Å². The van der Waals surface area contributed by atoms with Crippen LogP contribution in [-0.4, -0.2) is 33.7 Å². The minimum Gasteiger partial charge on any atom is -0.324 e. The summed E-state index contributed by atoms with van der Waals surface area (Å²) in [4.78, 5) is 31.3. The number of rotatable bonds is 6. The van der Waals surface area contributed by atoms with E-state index in [0.29, 0.717) is 11.7 Å². The van der Waals surface area contributed by atoms with Crippen LogP contribution < -0.4 is 5.32 Å². The summed E-state index contributed by atoms with van der Waals surface area (Å²) >= 11 is 1.28. The topological polar surface area (TPSA) is 61.8 Å². The van der Waals surface area contributed by atoms with Crippen molar-refractivity contribution in [1.29, 1.82) is 0 Å². The van der Waals surface area contributed by atoms with Gasteiger partial charge in [-0.15, -0.1) is 0 Å². The molecule has 0 aliphatic carbocycles. The van der Waals surface area contributed by atoms with Gasteiger partial charge in [0.15, 0.2) is 5.17 Å². The molecule has 1 fully saturated rings. The van der Waals surface area contributed by atoms with Crippen LogP contribution >= 0.6 is 11.8 Å². The molecule has 2 aromatic rings. The largest absolute Gasteiger partial charge is 0.324 e. The second-order valence-electron chi connectivity index (χ2n) is 6.56. The summed E-state index contributed by atoms with van der Waals surface area (Å²) in [6, 6.07) is 13.7. The third kappa shape index (κ3) is 4.78. The number of thioether (sulfide) groups is 1. The van der Waals surface area contributed by atoms with Crippen molar-refractivity contribution in [2.24, 2.45) is 4.99 Å². The molecule has 1 N–H and O–H groups in total. The highest BCUT2D eigenvalue weighted by molar-refractivity contribution is 8.15. The van der Waals surface area contributed by atoms with Crippen LogP contribution in [0.3, 0.4) is 0 Å². The predicted octanol–water partition coefficient (Wildman–Crippen LogP) is 4.50. The molecular formula is C21H22FN3O2S. The number of nitrogens with one attached hydrogen (secondary N) is 1. The Morgan fingerprint density at radius 2 is 1.93 bits per heavy atom. The van der Waals surface area contributed by atoms with Crippen molar-refractivity contribution in [3.63, 3.8) is 0 Å². The number of amidine groups is 1. The van der Waals surface area contributed by atoms with Gasteiger partial charge in [0.05, 0.1) is 11.4 Å². The van der Waals surface area contributed by atoms with Crippen LogP contribution in [0.5, 0.6) is 0 Å². The number of aliphatic imine (C=N–C) groups is 1. The molecule has 0 bridgehead atoms. The smallest absolute Gasteiger partial charge is 0.242 e. The van der Waals surface area contributed by atoms with E-state index in [9.17, 15) is 14.0 Å². The second-order valence-corrected chi connectivity index (χ2v) is 7.73. The molecule has 0 saturated carbocycles. The van der Waals surface area contributed by atoms with Crippen LogP contribution in [0.1, 0.15) is 25.3 Å². The monoisotopic (exact) mass is 399 g/mol. The van der Waals surface area contributed by atoms with Crippen LogP contribution in [0, 0.1) is 12.7 Å². The standard InChI is InChI=1S/C21H22FN3O2S/c1-3-12-25-20(27)18(13-19(26)24-17-7-5-4-6-16(17)22)28-21(25)23-15-10-8-14(2)9-11-15/h4-11,18H,3,12-13H2,1-2H3,(H,24,26)/t18-/m1/s1. The third-order valence-electron chi connectivity index (χ3n) is 4.24. The molecule has 1 aliphatic rings. The molecule has 1 atom stereocenters. The Labute approximate surface area is 168 Å². The molecule has 1 saturated heterocycles. The summed E-state index contributed by atoms with van der Waals surface area (Å²) in [5.41, 5.74) is 2.01. The van der Waals surface area contributed by atoms with Crippen molar-refractivity contribution in [1.82, 2.24) is 4.90 Å². The number of carbonyl (C=O) groups is 2. The third-order valence-corrected chi connectivity index (χ3v) is 5.42. The van der Waals surface area contributed by atoms with Crippen LogP contribution in [0.4, 0.5) is 15.8 Å². The summed E-state index contributed by atoms with van der Waals surface area (Å²) < 4.78 is 13.7. The number of nitrogens with zero attached hydrogens (tertiary/aromatic N) is 2. The van der Waals surface area contributed by atoms with E-state index in [1.165, 1.54) is 23.9 Å². The molecule has 28 heavy (non-hydrogen) atoms. The Kier molecular flexibility index (Phi) is 6.46. The van der Waals surface area contributed by atoms with Crippen molar-refractivity contribution in [3.05, 3.63) is 59.9 Å². The zero-order chi connectivity index (χ0) is 20.1. The highest BCUT2D eigenvalue weighted by Crippen LogP contribution is 2.32. The van der Waals surface area contributed by atoms with E-state index in [-0.39, 0.29) is 18.0 Å². The summed E-state index contributed by atoms with van der Waals surface area (Å²) in [5, 5.41) is 2.57. The second kappa shape index (κ2) is 9.01. The highest BCUT2D eigenvalue weighted by atomic mass is 32.2. The first-order chi connectivity index (χ1) is 13.5. The average Bonchev–Trinajstić information content (AvgIpc) is 2.94. The average molecular weight is 399 g/mol. The summed E-state index contributed by atoms with van der Waals surface area (Å²) in [5.74, 6) is -1.04. The van der Waals surface area contributed by atoms with Gasteiger partial charge < -0.3 is 5.32 Å². The van der Waals surface area contributed by atoms with E-state index in [1.807, 2.05) is 38.1 Å². The summed E-state index contributed by atoms with van der Waals surface area (Å²) in [6.07, 6.45) is 0.748. The Hall–Kier alpha value is -2.67. The van der Waals surface area contributed by atoms with Gasteiger partial charge in [-0.05, 0) is 37.6 Å². The van der Waals surface area contributed by atoms with E-state index in [4.69, 9.17) is 0 Å². The Bertz CT molecular complexity index is 899. The first-order valence-corrected chi connectivity index (χ1v) is 10.0. The predicted molar refractivity (Wildman–Crippen MR) is 111 cm³/mol. The number of anilines is 1. The Balaban J connectivity index is 1.73. The fourth-order valence-electron chi connectivity index (χ4n) is 2.82. The van der Waals surface area contributed by atoms with Crippen molar-refractivity contribution < 1.29 is 14.0 Å². The van der Waals surface area contributed by atoms with E-state index >= 15 is 0 Å². The van der Waals surface area contributed by atoms with Gasteiger partial charge in [0, 0.05) is 13.0 Å². The van der Waals surface area contributed by atoms with Gasteiger partial charge in [-0.3, -0.25) is 14.5 Å². The Morgan fingerprint density at radius 1 is 1.21 bits per heavy atom.